The van der Waals surface area contributed by atoms with E-state index in [1.54, 1.807) is 31.2 Å². The first-order valence-corrected chi connectivity index (χ1v) is 10.0. The number of thiophene rings is 1. The van der Waals surface area contributed by atoms with Gasteiger partial charge in [0.25, 0.3) is 5.91 Å². The number of hydrogen-bond donors (Lipinski definition) is 1. The average molecular weight is 404 g/mol. The molecule has 2 aromatic rings. The number of amides is 1. The van der Waals surface area contributed by atoms with Gasteiger partial charge in [-0.05, 0) is 49.3 Å². The average Bonchev–Trinajstić information content (AvgIpc) is 3.02. The quantitative estimate of drug-likeness (QED) is 0.667. The Morgan fingerprint density at radius 3 is 2.36 bits per heavy atom. The molecule has 6 nitrogen and oxygen atoms in total. The Kier molecular flexibility index (Phi) is 7.75. The van der Waals surface area contributed by atoms with Gasteiger partial charge in [0.2, 0.25) is 0 Å². The standard InChI is InChI=1S/C21H25NO5S/c1-5-26-21(25)18-16(10-13(2)3)12-28-19(18)22-17(23)11-27-20(24)15-8-6-14(4)7-9-15/h6-9,12-13H,5,10-11H2,1-4H3,(H,22,23). The molecule has 0 bridgehead atoms. The first-order valence-electron chi connectivity index (χ1n) is 9.13. The van der Waals surface area contributed by atoms with Gasteiger partial charge in [0.05, 0.1) is 17.7 Å². The van der Waals surface area contributed by atoms with Crippen LogP contribution in [0, 0.1) is 12.8 Å². The molecule has 0 atom stereocenters. The van der Waals surface area contributed by atoms with Crippen LogP contribution in [0.1, 0.15) is 52.6 Å². The summed E-state index contributed by atoms with van der Waals surface area (Å²) in [5.74, 6) is -1.20. The van der Waals surface area contributed by atoms with E-state index in [0.717, 1.165) is 11.1 Å². The normalized spacial score (nSPS) is 10.6. The zero-order chi connectivity index (χ0) is 20.7. The molecule has 0 aliphatic heterocycles. The number of hydrogen-bond acceptors (Lipinski definition) is 6. The van der Waals surface area contributed by atoms with Crippen molar-refractivity contribution >= 4 is 34.2 Å². The van der Waals surface area contributed by atoms with Gasteiger partial charge < -0.3 is 14.8 Å². The Morgan fingerprint density at radius 1 is 1.07 bits per heavy atom. The molecular weight excluding hydrogens is 378 g/mol. The molecule has 0 saturated carbocycles. The van der Waals surface area contributed by atoms with Gasteiger partial charge >= 0.3 is 11.9 Å². The van der Waals surface area contributed by atoms with Gasteiger partial charge in [-0.25, -0.2) is 9.59 Å². The van der Waals surface area contributed by atoms with Crippen LogP contribution in [0.3, 0.4) is 0 Å². The lowest BCUT2D eigenvalue weighted by atomic mass is 10.0. The van der Waals surface area contributed by atoms with E-state index in [9.17, 15) is 14.4 Å². The van der Waals surface area contributed by atoms with E-state index < -0.39 is 24.5 Å². The molecule has 0 saturated heterocycles. The van der Waals surface area contributed by atoms with Gasteiger partial charge in [0.15, 0.2) is 6.61 Å². The first-order chi connectivity index (χ1) is 13.3. The van der Waals surface area contributed by atoms with Crippen LogP contribution in [0.2, 0.25) is 0 Å². The predicted octanol–water partition coefficient (Wildman–Crippen LogP) is 4.23. The number of esters is 2. The lowest BCUT2D eigenvalue weighted by Gasteiger charge is -2.10. The molecule has 1 aromatic carbocycles. The molecule has 0 unspecified atom stereocenters. The highest BCUT2D eigenvalue weighted by molar-refractivity contribution is 7.15. The van der Waals surface area contributed by atoms with Gasteiger partial charge in [0.1, 0.15) is 5.00 Å². The number of carbonyl (C=O) groups is 3. The van der Waals surface area contributed by atoms with Crippen LogP contribution in [0.15, 0.2) is 29.6 Å². The summed E-state index contributed by atoms with van der Waals surface area (Å²) in [6, 6.07) is 6.88. The van der Waals surface area contributed by atoms with Crippen molar-refractivity contribution in [3.05, 3.63) is 51.9 Å². The molecular formula is C21H25NO5S. The number of benzene rings is 1. The minimum absolute atomic E-state index is 0.247. The maximum absolute atomic E-state index is 12.3. The van der Waals surface area contributed by atoms with Crippen molar-refractivity contribution in [1.82, 2.24) is 0 Å². The fourth-order valence-corrected chi connectivity index (χ4v) is 3.55. The number of nitrogens with one attached hydrogen (secondary N) is 1. The summed E-state index contributed by atoms with van der Waals surface area (Å²) in [4.78, 5) is 36.6. The summed E-state index contributed by atoms with van der Waals surface area (Å²) in [6.45, 7) is 7.56. The van der Waals surface area contributed by atoms with Crippen molar-refractivity contribution in [3.63, 3.8) is 0 Å². The Labute approximate surface area is 168 Å². The Bertz CT molecular complexity index is 839. The molecule has 0 aliphatic carbocycles. The first kappa shape index (κ1) is 21.6. The summed E-state index contributed by atoms with van der Waals surface area (Å²) in [7, 11) is 0. The molecule has 1 aromatic heterocycles. The summed E-state index contributed by atoms with van der Waals surface area (Å²) in [5.41, 5.74) is 2.61. The Morgan fingerprint density at radius 2 is 1.75 bits per heavy atom. The highest BCUT2D eigenvalue weighted by Crippen LogP contribution is 2.31. The van der Waals surface area contributed by atoms with Gasteiger partial charge in [-0.2, -0.15) is 0 Å². The van der Waals surface area contributed by atoms with Crippen molar-refractivity contribution in [2.24, 2.45) is 5.92 Å². The van der Waals surface area contributed by atoms with Gasteiger partial charge in [-0.1, -0.05) is 31.5 Å². The largest absolute Gasteiger partial charge is 0.462 e. The molecule has 28 heavy (non-hydrogen) atoms. The number of aryl methyl sites for hydroxylation is 1. The second-order valence-corrected chi connectivity index (χ2v) is 7.65. The SMILES string of the molecule is CCOC(=O)c1c(CC(C)C)csc1NC(=O)COC(=O)c1ccc(C)cc1. The second kappa shape index (κ2) is 10.0. The third kappa shape index (κ3) is 5.92. The van der Waals surface area contributed by atoms with E-state index >= 15 is 0 Å². The van der Waals surface area contributed by atoms with E-state index in [1.165, 1.54) is 11.3 Å². The molecule has 1 N–H and O–H groups in total. The van der Waals surface area contributed by atoms with Crippen LogP contribution in [0.5, 0.6) is 0 Å². The molecule has 0 aliphatic rings. The minimum Gasteiger partial charge on any atom is -0.462 e. The van der Waals surface area contributed by atoms with E-state index in [-0.39, 0.29) is 6.61 Å². The van der Waals surface area contributed by atoms with E-state index in [1.807, 2.05) is 12.3 Å². The topological polar surface area (TPSA) is 81.7 Å². The number of anilines is 1. The maximum atomic E-state index is 12.3. The lowest BCUT2D eigenvalue weighted by Crippen LogP contribution is -2.22. The Hall–Kier alpha value is -2.67. The van der Waals surface area contributed by atoms with Gasteiger partial charge in [0, 0.05) is 0 Å². The van der Waals surface area contributed by atoms with Crippen LogP contribution >= 0.6 is 11.3 Å². The zero-order valence-electron chi connectivity index (χ0n) is 16.5. The maximum Gasteiger partial charge on any atom is 0.341 e. The molecule has 150 valence electrons. The molecule has 1 amide bonds. The highest BCUT2D eigenvalue weighted by Gasteiger charge is 2.22. The molecule has 1 heterocycles. The van der Waals surface area contributed by atoms with Crippen molar-refractivity contribution in [1.29, 1.82) is 0 Å². The van der Waals surface area contributed by atoms with Crippen LogP contribution < -0.4 is 5.32 Å². The Balaban J connectivity index is 2.04. The minimum atomic E-state index is -0.576. The van der Waals surface area contributed by atoms with Crippen LogP contribution in [0.25, 0.3) is 0 Å². The van der Waals surface area contributed by atoms with Crippen LogP contribution in [0.4, 0.5) is 5.00 Å². The second-order valence-electron chi connectivity index (χ2n) is 6.77. The zero-order valence-corrected chi connectivity index (χ0v) is 17.4. The van der Waals surface area contributed by atoms with E-state index in [0.29, 0.717) is 28.5 Å². The number of ether oxygens (including phenoxy) is 2. The van der Waals surface area contributed by atoms with E-state index in [2.05, 4.69) is 19.2 Å². The van der Waals surface area contributed by atoms with Crippen molar-refractivity contribution in [2.45, 2.75) is 34.1 Å². The third-order valence-electron chi connectivity index (χ3n) is 3.85. The molecule has 2 rings (SSSR count). The molecule has 7 heteroatoms. The summed E-state index contributed by atoms with van der Waals surface area (Å²) >= 11 is 1.26. The number of rotatable bonds is 8. The number of carbonyl (C=O) groups excluding carboxylic acids is 3. The smallest absolute Gasteiger partial charge is 0.341 e. The highest BCUT2D eigenvalue weighted by atomic mass is 32.1. The lowest BCUT2D eigenvalue weighted by molar-refractivity contribution is -0.119. The monoisotopic (exact) mass is 403 g/mol. The molecule has 0 radical (unpaired) electrons. The predicted molar refractivity (Wildman–Crippen MR) is 109 cm³/mol. The molecule has 0 spiro atoms. The van der Waals surface area contributed by atoms with Crippen LogP contribution in [-0.4, -0.2) is 31.1 Å². The third-order valence-corrected chi connectivity index (χ3v) is 4.79. The summed E-state index contributed by atoms with van der Waals surface area (Å²) < 4.78 is 10.2. The molecule has 0 fully saturated rings. The summed E-state index contributed by atoms with van der Waals surface area (Å²) in [5, 5.41) is 4.92. The van der Waals surface area contributed by atoms with Crippen LogP contribution in [-0.2, 0) is 20.7 Å². The van der Waals surface area contributed by atoms with E-state index in [4.69, 9.17) is 9.47 Å². The van der Waals surface area contributed by atoms with Gasteiger partial charge in [-0.15, -0.1) is 11.3 Å². The fourth-order valence-electron chi connectivity index (χ4n) is 2.57. The van der Waals surface area contributed by atoms with Crippen molar-refractivity contribution < 1.29 is 23.9 Å². The van der Waals surface area contributed by atoms with Gasteiger partial charge in [-0.3, -0.25) is 4.79 Å². The summed E-state index contributed by atoms with van der Waals surface area (Å²) in [6.07, 6.45) is 0.697. The fraction of sp³-hybridized carbons (Fsp3) is 0.381. The van der Waals surface area contributed by atoms with Crippen molar-refractivity contribution in [3.8, 4) is 0 Å². The van der Waals surface area contributed by atoms with Crippen molar-refractivity contribution in [2.75, 3.05) is 18.5 Å².